The van der Waals surface area contributed by atoms with E-state index < -0.39 is 0 Å². The highest BCUT2D eigenvalue weighted by Gasteiger charge is 2.17. The molecule has 0 saturated carbocycles. The van der Waals surface area contributed by atoms with E-state index in [0.29, 0.717) is 19.1 Å². The SMILES string of the molecule is CCOc1cccc(CNC(CC(C)C)C(=O)NC)c1. The number of rotatable bonds is 8. The number of amides is 1. The molecule has 1 amide bonds. The fourth-order valence-corrected chi connectivity index (χ4v) is 2.08. The standard InChI is InChI=1S/C16H26N2O2/c1-5-20-14-8-6-7-13(10-14)11-18-15(9-12(2)3)16(19)17-4/h6-8,10,12,15,18H,5,9,11H2,1-4H3,(H,17,19). The van der Waals surface area contributed by atoms with Crippen LogP contribution in [0.4, 0.5) is 0 Å². The molecule has 1 rings (SSSR count). The average Bonchev–Trinajstić information content (AvgIpc) is 2.43. The second-order valence-corrected chi connectivity index (χ2v) is 5.26. The lowest BCUT2D eigenvalue weighted by Crippen LogP contribution is -2.43. The number of hydrogen-bond donors (Lipinski definition) is 2. The molecular formula is C16H26N2O2. The van der Waals surface area contributed by atoms with Gasteiger partial charge in [0.2, 0.25) is 5.91 Å². The molecule has 1 unspecified atom stereocenters. The number of ether oxygens (including phenoxy) is 1. The summed E-state index contributed by atoms with van der Waals surface area (Å²) in [7, 11) is 1.67. The molecule has 20 heavy (non-hydrogen) atoms. The van der Waals surface area contributed by atoms with Crippen molar-refractivity contribution < 1.29 is 9.53 Å². The molecule has 2 N–H and O–H groups in total. The Bertz CT molecular complexity index is 419. The molecule has 112 valence electrons. The van der Waals surface area contributed by atoms with E-state index in [4.69, 9.17) is 4.74 Å². The molecule has 1 atom stereocenters. The third-order valence-electron chi connectivity index (χ3n) is 3.03. The van der Waals surface area contributed by atoms with Gasteiger partial charge in [-0.2, -0.15) is 0 Å². The molecule has 0 bridgehead atoms. The Morgan fingerprint density at radius 2 is 2.10 bits per heavy atom. The molecule has 0 aromatic heterocycles. The molecule has 0 radical (unpaired) electrons. The molecule has 0 aliphatic heterocycles. The number of carbonyl (C=O) groups excluding carboxylic acids is 1. The fraction of sp³-hybridized carbons (Fsp3) is 0.562. The normalized spacial score (nSPS) is 12.2. The third kappa shape index (κ3) is 5.61. The van der Waals surface area contributed by atoms with Crippen molar-refractivity contribution in [3.63, 3.8) is 0 Å². The Hall–Kier alpha value is -1.55. The van der Waals surface area contributed by atoms with Gasteiger partial charge >= 0.3 is 0 Å². The van der Waals surface area contributed by atoms with Gasteiger partial charge < -0.3 is 15.4 Å². The minimum absolute atomic E-state index is 0.0414. The summed E-state index contributed by atoms with van der Waals surface area (Å²) in [6, 6.07) is 7.80. The van der Waals surface area contributed by atoms with Crippen molar-refractivity contribution in [2.24, 2.45) is 5.92 Å². The highest BCUT2D eigenvalue weighted by Crippen LogP contribution is 2.14. The monoisotopic (exact) mass is 278 g/mol. The first kappa shape index (κ1) is 16.5. The van der Waals surface area contributed by atoms with Crippen LogP contribution in [0.3, 0.4) is 0 Å². The van der Waals surface area contributed by atoms with Gasteiger partial charge in [0.1, 0.15) is 5.75 Å². The van der Waals surface area contributed by atoms with Gasteiger partial charge in [-0.1, -0.05) is 26.0 Å². The number of carbonyl (C=O) groups is 1. The van der Waals surface area contributed by atoms with Gasteiger partial charge in [-0.3, -0.25) is 4.79 Å². The van der Waals surface area contributed by atoms with Crippen LogP contribution in [0.25, 0.3) is 0 Å². The fourth-order valence-electron chi connectivity index (χ4n) is 2.08. The van der Waals surface area contributed by atoms with Crippen molar-refractivity contribution in [2.75, 3.05) is 13.7 Å². The second-order valence-electron chi connectivity index (χ2n) is 5.26. The van der Waals surface area contributed by atoms with Gasteiger partial charge in [0.25, 0.3) is 0 Å². The first-order valence-electron chi connectivity index (χ1n) is 7.23. The first-order chi connectivity index (χ1) is 9.56. The van der Waals surface area contributed by atoms with Gasteiger partial charge in [0, 0.05) is 13.6 Å². The number of nitrogens with one attached hydrogen (secondary N) is 2. The van der Waals surface area contributed by atoms with Crippen molar-refractivity contribution in [3.8, 4) is 5.75 Å². The summed E-state index contributed by atoms with van der Waals surface area (Å²) >= 11 is 0. The Kier molecular flexibility index (Phi) is 7.09. The molecule has 4 nitrogen and oxygen atoms in total. The lowest BCUT2D eigenvalue weighted by molar-refractivity contribution is -0.123. The van der Waals surface area contributed by atoms with Crippen LogP contribution in [0, 0.1) is 5.92 Å². The summed E-state index contributed by atoms with van der Waals surface area (Å²) in [6.07, 6.45) is 0.824. The maximum atomic E-state index is 11.8. The predicted octanol–water partition coefficient (Wildman–Crippen LogP) is 2.34. The van der Waals surface area contributed by atoms with Crippen molar-refractivity contribution in [1.29, 1.82) is 0 Å². The zero-order valence-corrected chi connectivity index (χ0v) is 12.9. The smallest absolute Gasteiger partial charge is 0.236 e. The maximum Gasteiger partial charge on any atom is 0.236 e. The van der Waals surface area contributed by atoms with E-state index in [2.05, 4.69) is 24.5 Å². The Labute approximate surface area is 121 Å². The van der Waals surface area contributed by atoms with Crippen molar-refractivity contribution >= 4 is 5.91 Å². The van der Waals surface area contributed by atoms with Crippen LogP contribution < -0.4 is 15.4 Å². The Morgan fingerprint density at radius 1 is 1.35 bits per heavy atom. The van der Waals surface area contributed by atoms with Crippen LogP contribution in [0.15, 0.2) is 24.3 Å². The number of benzene rings is 1. The van der Waals surface area contributed by atoms with Crippen LogP contribution >= 0.6 is 0 Å². The average molecular weight is 278 g/mol. The summed E-state index contributed by atoms with van der Waals surface area (Å²) in [5, 5.41) is 6.03. The van der Waals surface area contributed by atoms with Crippen LogP contribution in [0.5, 0.6) is 5.75 Å². The molecule has 1 aromatic carbocycles. The highest BCUT2D eigenvalue weighted by molar-refractivity contribution is 5.81. The van der Waals surface area contributed by atoms with Gasteiger partial charge in [0.05, 0.1) is 12.6 Å². The van der Waals surface area contributed by atoms with Crippen molar-refractivity contribution in [1.82, 2.24) is 10.6 Å². The summed E-state index contributed by atoms with van der Waals surface area (Å²) in [6.45, 7) is 7.52. The third-order valence-corrected chi connectivity index (χ3v) is 3.03. The number of likely N-dealkylation sites (N-methyl/N-ethyl adjacent to an activating group) is 1. The van der Waals surface area contributed by atoms with E-state index >= 15 is 0 Å². The van der Waals surface area contributed by atoms with Crippen molar-refractivity contribution in [3.05, 3.63) is 29.8 Å². The number of hydrogen-bond acceptors (Lipinski definition) is 3. The van der Waals surface area contributed by atoms with E-state index in [9.17, 15) is 4.79 Å². The van der Waals surface area contributed by atoms with E-state index in [-0.39, 0.29) is 11.9 Å². The largest absolute Gasteiger partial charge is 0.494 e. The zero-order valence-electron chi connectivity index (χ0n) is 12.9. The van der Waals surface area contributed by atoms with Crippen LogP contribution in [-0.4, -0.2) is 25.6 Å². The predicted molar refractivity (Wildman–Crippen MR) is 81.8 cm³/mol. The second kappa shape index (κ2) is 8.59. The highest BCUT2D eigenvalue weighted by atomic mass is 16.5. The maximum absolute atomic E-state index is 11.8. The zero-order chi connectivity index (χ0) is 15.0. The Morgan fingerprint density at radius 3 is 2.70 bits per heavy atom. The molecule has 0 spiro atoms. The van der Waals surface area contributed by atoms with Crippen LogP contribution in [-0.2, 0) is 11.3 Å². The minimum Gasteiger partial charge on any atom is -0.494 e. The molecule has 4 heteroatoms. The van der Waals surface area contributed by atoms with Crippen LogP contribution in [0.2, 0.25) is 0 Å². The first-order valence-corrected chi connectivity index (χ1v) is 7.23. The van der Waals surface area contributed by atoms with Crippen LogP contribution in [0.1, 0.15) is 32.8 Å². The topological polar surface area (TPSA) is 50.4 Å². The molecule has 0 fully saturated rings. The van der Waals surface area contributed by atoms with Crippen molar-refractivity contribution in [2.45, 2.75) is 39.8 Å². The lowest BCUT2D eigenvalue weighted by atomic mass is 10.0. The summed E-state index contributed by atoms with van der Waals surface area (Å²) < 4.78 is 5.48. The Balaban J connectivity index is 2.62. The molecule has 0 aliphatic rings. The van der Waals surface area contributed by atoms with E-state index in [0.717, 1.165) is 17.7 Å². The molecular weight excluding hydrogens is 252 g/mol. The van der Waals surface area contributed by atoms with E-state index in [1.807, 2.05) is 31.2 Å². The summed E-state index contributed by atoms with van der Waals surface area (Å²) in [5.74, 6) is 1.38. The molecule has 0 saturated heterocycles. The van der Waals surface area contributed by atoms with Gasteiger partial charge in [0.15, 0.2) is 0 Å². The van der Waals surface area contributed by atoms with E-state index in [1.54, 1.807) is 7.05 Å². The minimum atomic E-state index is -0.157. The van der Waals surface area contributed by atoms with Gasteiger partial charge in [-0.25, -0.2) is 0 Å². The molecule has 0 aliphatic carbocycles. The molecule has 0 heterocycles. The quantitative estimate of drug-likeness (QED) is 0.767. The van der Waals surface area contributed by atoms with Gasteiger partial charge in [-0.05, 0) is 37.0 Å². The summed E-state index contributed by atoms with van der Waals surface area (Å²) in [4.78, 5) is 11.8. The van der Waals surface area contributed by atoms with Gasteiger partial charge in [-0.15, -0.1) is 0 Å². The molecule has 1 aromatic rings. The van der Waals surface area contributed by atoms with E-state index in [1.165, 1.54) is 0 Å². The summed E-state index contributed by atoms with van der Waals surface area (Å²) in [5.41, 5.74) is 1.12. The lowest BCUT2D eigenvalue weighted by Gasteiger charge is -2.19.